The lowest BCUT2D eigenvalue weighted by atomic mass is 9.97. The van der Waals surface area contributed by atoms with Gasteiger partial charge >= 0.3 is 6.18 Å². The van der Waals surface area contributed by atoms with Gasteiger partial charge in [-0.3, -0.25) is 4.79 Å². The Morgan fingerprint density at radius 1 is 1.40 bits per heavy atom. The minimum absolute atomic E-state index is 0.0199. The molecule has 0 saturated carbocycles. The van der Waals surface area contributed by atoms with E-state index in [0.29, 0.717) is 32.5 Å². The maximum Gasteiger partial charge on any atom is 0.433 e. The molecule has 1 amide bonds. The van der Waals surface area contributed by atoms with Crippen LogP contribution >= 0.6 is 0 Å². The van der Waals surface area contributed by atoms with Crippen molar-refractivity contribution in [3.05, 3.63) is 11.8 Å². The van der Waals surface area contributed by atoms with E-state index in [1.54, 1.807) is 19.0 Å². The van der Waals surface area contributed by atoms with E-state index < -0.39 is 11.9 Å². The Hall–Kier alpha value is -2.06. The molecular weight excluding hydrogens is 335 g/mol. The van der Waals surface area contributed by atoms with E-state index in [-0.39, 0.29) is 23.6 Å². The number of piperidine rings is 1. The molecule has 140 valence electrons. The number of carbonyl (C=O) groups is 1. The third-order valence-electron chi connectivity index (χ3n) is 4.07. The summed E-state index contributed by atoms with van der Waals surface area (Å²) in [5, 5.41) is 2.84. The summed E-state index contributed by atoms with van der Waals surface area (Å²) in [5.74, 6) is -0.117. The molecule has 0 aromatic carbocycles. The average molecular weight is 359 g/mol. The highest BCUT2D eigenvalue weighted by atomic mass is 19.4. The van der Waals surface area contributed by atoms with Crippen molar-refractivity contribution < 1.29 is 18.0 Å². The number of halogens is 3. The molecule has 6 nitrogen and oxygen atoms in total. The van der Waals surface area contributed by atoms with Crippen LogP contribution in [0.3, 0.4) is 0 Å². The third-order valence-corrected chi connectivity index (χ3v) is 4.07. The van der Waals surface area contributed by atoms with Gasteiger partial charge in [0.05, 0.1) is 5.92 Å². The van der Waals surface area contributed by atoms with Crippen LogP contribution in [0.25, 0.3) is 0 Å². The van der Waals surface area contributed by atoms with Crippen LogP contribution < -0.4 is 15.1 Å². The summed E-state index contributed by atoms with van der Waals surface area (Å²) in [7, 11) is 3.26. The molecule has 1 atom stereocenters. The fraction of sp³-hybridized carbons (Fsp3) is 0.688. The normalized spacial score (nSPS) is 18.2. The van der Waals surface area contributed by atoms with Crippen LogP contribution in [0, 0.1) is 5.92 Å². The van der Waals surface area contributed by atoms with Gasteiger partial charge in [-0.2, -0.15) is 18.2 Å². The van der Waals surface area contributed by atoms with Crippen LogP contribution in [-0.2, 0) is 11.0 Å². The van der Waals surface area contributed by atoms with Crippen molar-refractivity contribution in [2.24, 2.45) is 5.92 Å². The van der Waals surface area contributed by atoms with E-state index >= 15 is 0 Å². The zero-order chi connectivity index (χ0) is 18.6. The Labute approximate surface area is 145 Å². The number of nitrogens with zero attached hydrogens (tertiary/aromatic N) is 4. The second kappa shape index (κ2) is 7.88. The monoisotopic (exact) mass is 359 g/mol. The summed E-state index contributed by atoms with van der Waals surface area (Å²) in [4.78, 5) is 23.3. The lowest BCUT2D eigenvalue weighted by Gasteiger charge is -2.32. The molecule has 0 radical (unpaired) electrons. The van der Waals surface area contributed by atoms with Crippen LogP contribution in [0.5, 0.6) is 0 Å². The maximum absolute atomic E-state index is 13.1. The van der Waals surface area contributed by atoms with E-state index in [2.05, 4.69) is 15.3 Å². The molecule has 9 heteroatoms. The van der Waals surface area contributed by atoms with Gasteiger partial charge in [-0.1, -0.05) is 6.92 Å². The zero-order valence-corrected chi connectivity index (χ0v) is 14.7. The molecule has 1 aliphatic heterocycles. The van der Waals surface area contributed by atoms with E-state index in [0.717, 1.165) is 12.5 Å². The molecule has 1 N–H and O–H groups in total. The number of carbonyl (C=O) groups excluding carboxylic acids is 1. The Morgan fingerprint density at radius 3 is 2.72 bits per heavy atom. The highest BCUT2D eigenvalue weighted by Crippen LogP contribution is 2.31. The van der Waals surface area contributed by atoms with Gasteiger partial charge in [0.25, 0.3) is 0 Å². The maximum atomic E-state index is 13.1. The number of anilines is 2. The minimum atomic E-state index is -4.55. The van der Waals surface area contributed by atoms with Gasteiger partial charge in [0.1, 0.15) is 5.82 Å². The smallest absolute Gasteiger partial charge is 0.363 e. The molecule has 2 heterocycles. The zero-order valence-electron chi connectivity index (χ0n) is 14.7. The lowest BCUT2D eigenvalue weighted by Crippen LogP contribution is -2.44. The molecular formula is C16H24F3N5O. The fourth-order valence-electron chi connectivity index (χ4n) is 2.70. The molecule has 0 spiro atoms. The number of rotatable bonds is 5. The van der Waals surface area contributed by atoms with E-state index in [9.17, 15) is 18.0 Å². The summed E-state index contributed by atoms with van der Waals surface area (Å²) < 4.78 is 39.4. The topological polar surface area (TPSA) is 61.4 Å². The van der Waals surface area contributed by atoms with Crippen molar-refractivity contribution in [2.75, 3.05) is 43.5 Å². The number of hydrogen-bond acceptors (Lipinski definition) is 5. The Bertz CT molecular complexity index is 606. The minimum Gasteiger partial charge on any atom is -0.363 e. The van der Waals surface area contributed by atoms with Gasteiger partial charge < -0.3 is 15.1 Å². The Morgan fingerprint density at radius 2 is 2.12 bits per heavy atom. The van der Waals surface area contributed by atoms with Gasteiger partial charge in [-0.25, -0.2) is 4.98 Å². The highest BCUT2D eigenvalue weighted by molar-refractivity contribution is 5.79. The average Bonchev–Trinajstić information content (AvgIpc) is 2.58. The highest BCUT2D eigenvalue weighted by Gasteiger charge is 2.35. The summed E-state index contributed by atoms with van der Waals surface area (Å²) in [5.41, 5.74) is -0.973. The number of alkyl halides is 3. The summed E-state index contributed by atoms with van der Waals surface area (Å²) in [6.45, 7) is 3.42. The fourth-order valence-corrected chi connectivity index (χ4v) is 2.70. The molecule has 0 bridgehead atoms. The van der Waals surface area contributed by atoms with Gasteiger partial charge in [0.15, 0.2) is 5.69 Å². The second-order valence-corrected chi connectivity index (χ2v) is 6.38. The van der Waals surface area contributed by atoms with Crippen LogP contribution in [0.2, 0.25) is 0 Å². The van der Waals surface area contributed by atoms with Gasteiger partial charge in [-0.05, 0) is 19.3 Å². The quantitative estimate of drug-likeness (QED) is 0.874. The SMILES string of the molecule is CCCNC(=O)C1CCCN(c2nc(N(C)C)cc(C(F)(F)F)n2)C1. The molecule has 1 fully saturated rings. The first-order chi connectivity index (χ1) is 11.7. The molecule has 25 heavy (non-hydrogen) atoms. The van der Waals surface area contributed by atoms with Crippen LogP contribution in [0.15, 0.2) is 6.07 Å². The molecule has 1 unspecified atom stereocenters. The molecule has 1 saturated heterocycles. The van der Waals surface area contributed by atoms with Gasteiger partial charge in [0, 0.05) is 39.8 Å². The van der Waals surface area contributed by atoms with Crippen molar-refractivity contribution in [2.45, 2.75) is 32.4 Å². The molecule has 1 aromatic heterocycles. The van der Waals surface area contributed by atoms with Crippen LogP contribution in [0.1, 0.15) is 31.9 Å². The van der Waals surface area contributed by atoms with Gasteiger partial charge in [0.2, 0.25) is 11.9 Å². The van der Waals surface area contributed by atoms with E-state index in [1.165, 1.54) is 4.90 Å². The Balaban J connectivity index is 2.24. The standard InChI is InChI=1S/C16H24F3N5O/c1-4-7-20-14(25)11-6-5-8-24(10-11)15-21-12(16(17,18)19)9-13(22-15)23(2)3/h9,11H,4-8,10H2,1-3H3,(H,20,25). The number of hydrogen-bond donors (Lipinski definition) is 1. The molecule has 1 aliphatic rings. The summed E-state index contributed by atoms with van der Waals surface area (Å²) in [6.07, 6.45) is -2.28. The van der Waals surface area contributed by atoms with E-state index in [4.69, 9.17) is 0 Å². The first-order valence-electron chi connectivity index (χ1n) is 8.38. The van der Waals surface area contributed by atoms with E-state index in [1.807, 2.05) is 6.92 Å². The van der Waals surface area contributed by atoms with Crippen molar-refractivity contribution in [3.8, 4) is 0 Å². The van der Waals surface area contributed by atoms with Crippen molar-refractivity contribution >= 4 is 17.7 Å². The first kappa shape index (κ1) is 19.3. The number of aromatic nitrogens is 2. The molecule has 1 aromatic rings. The summed E-state index contributed by atoms with van der Waals surface area (Å²) >= 11 is 0. The molecule has 0 aliphatic carbocycles. The predicted octanol–water partition coefficient (Wildman–Crippen LogP) is 2.30. The van der Waals surface area contributed by atoms with Crippen LogP contribution in [0.4, 0.5) is 24.9 Å². The second-order valence-electron chi connectivity index (χ2n) is 6.38. The summed E-state index contributed by atoms with van der Waals surface area (Å²) in [6, 6.07) is 0.929. The third kappa shape index (κ3) is 4.96. The van der Waals surface area contributed by atoms with Crippen LogP contribution in [-0.4, -0.2) is 49.6 Å². The first-order valence-corrected chi connectivity index (χ1v) is 8.38. The van der Waals surface area contributed by atoms with Crippen molar-refractivity contribution in [1.82, 2.24) is 15.3 Å². The van der Waals surface area contributed by atoms with Crippen molar-refractivity contribution in [1.29, 1.82) is 0 Å². The molecule has 2 rings (SSSR count). The largest absolute Gasteiger partial charge is 0.433 e. The Kier molecular flexibility index (Phi) is 6.07. The number of amides is 1. The number of nitrogens with one attached hydrogen (secondary N) is 1. The van der Waals surface area contributed by atoms with Crippen molar-refractivity contribution in [3.63, 3.8) is 0 Å². The van der Waals surface area contributed by atoms with Gasteiger partial charge in [-0.15, -0.1) is 0 Å². The predicted molar refractivity (Wildman–Crippen MR) is 89.6 cm³/mol. The lowest BCUT2D eigenvalue weighted by molar-refractivity contribution is -0.141.